The number of nitrogen functional groups attached to an aromatic ring is 1. The largest absolute Gasteiger partial charge is 0.508 e. The van der Waals surface area contributed by atoms with E-state index in [1.807, 2.05) is 21.6 Å². The van der Waals surface area contributed by atoms with Gasteiger partial charge in [-0.2, -0.15) is 9.97 Å². The maximum Gasteiger partial charge on any atom is 0.229 e. The van der Waals surface area contributed by atoms with E-state index < -0.39 is 5.60 Å². The van der Waals surface area contributed by atoms with E-state index in [2.05, 4.69) is 15.0 Å². The third kappa shape index (κ3) is 3.09. The van der Waals surface area contributed by atoms with Crippen molar-refractivity contribution in [3.8, 4) is 11.4 Å². The van der Waals surface area contributed by atoms with Gasteiger partial charge < -0.3 is 20.8 Å². The maximum atomic E-state index is 11.1. The van der Waals surface area contributed by atoms with Crippen molar-refractivity contribution in [2.24, 2.45) is 0 Å². The summed E-state index contributed by atoms with van der Waals surface area (Å²) in [5.74, 6) is 1.02. The smallest absolute Gasteiger partial charge is 0.229 e. The van der Waals surface area contributed by atoms with Crippen LogP contribution in [0.15, 0.2) is 55.1 Å². The summed E-state index contributed by atoms with van der Waals surface area (Å²) in [6.45, 7) is 1.15. The molecule has 0 radical (unpaired) electrons. The molecule has 0 aliphatic carbocycles. The Labute approximate surface area is 172 Å². The van der Waals surface area contributed by atoms with E-state index in [4.69, 9.17) is 10.7 Å². The molecule has 0 amide bonds. The Bertz CT molecular complexity index is 1180. The zero-order valence-electron chi connectivity index (χ0n) is 16.2. The first-order valence-corrected chi connectivity index (χ1v) is 9.71. The van der Waals surface area contributed by atoms with Gasteiger partial charge in [0.05, 0.1) is 11.3 Å². The molecule has 0 atom stereocenters. The lowest BCUT2D eigenvalue weighted by atomic mass is 9.84. The van der Waals surface area contributed by atoms with E-state index in [1.54, 1.807) is 43.0 Å². The molecule has 1 fully saturated rings. The highest BCUT2D eigenvalue weighted by molar-refractivity contribution is 5.84. The average molecular weight is 403 g/mol. The first-order valence-electron chi connectivity index (χ1n) is 9.71. The van der Waals surface area contributed by atoms with Crippen molar-refractivity contribution >= 4 is 22.9 Å². The van der Waals surface area contributed by atoms with Crippen molar-refractivity contribution in [3.63, 3.8) is 0 Å². The molecule has 30 heavy (non-hydrogen) atoms. The molecule has 1 aliphatic rings. The summed E-state index contributed by atoms with van der Waals surface area (Å²) < 4.78 is 1.86. The van der Waals surface area contributed by atoms with Crippen molar-refractivity contribution in [3.05, 3.63) is 60.7 Å². The molecule has 1 aromatic carbocycles. The molecule has 1 saturated heterocycles. The summed E-state index contributed by atoms with van der Waals surface area (Å²) >= 11 is 0. The minimum absolute atomic E-state index is 0.183. The Morgan fingerprint density at radius 2 is 1.67 bits per heavy atom. The number of benzene rings is 1. The molecular weight excluding hydrogens is 382 g/mol. The van der Waals surface area contributed by atoms with E-state index in [-0.39, 0.29) is 5.75 Å². The van der Waals surface area contributed by atoms with Gasteiger partial charge in [-0.1, -0.05) is 12.1 Å². The van der Waals surface area contributed by atoms with Crippen LogP contribution in [0.4, 0.5) is 11.8 Å². The van der Waals surface area contributed by atoms with Crippen molar-refractivity contribution in [2.75, 3.05) is 23.7 Å². The molecule has 0 spiro atoms. The quantitative estimate of drug-likeness (QED) is 0.474. The zero-order chi connectivity index (χ0) is 20.7. The standard InChI is InChI=1S/C21H21N7O2/c22-18-17-19(28(13-24-17)15-5-9-23-10-6-15)26-20(25-18)27-11-7-21(30,8-12-27)14-1-3-16(29)4-2-14/h1-6,9-10,13,29-30H,7-8,11-12H2,(H2,22,25,26). The van der Waals surface area contributed by atoms with Gasteiger partial charge in [-0.3, -0.25) is 9.55 Å². The third-order valence-electron chi connectivity index (χ3n) is 5.63. The molecule has 9 heteroatoms. The molecule has 4 heterocycles. The number of piperidine rings is 1. The number of pyridine rings is 1. The summed E-state index contributed by atoms with van der Waals surface area (Å²) in [6.07, 6.45) is 6.13. The predicted molar refractivity (Wildman–Crippen MR) is 112 cm³/mol. The minimum atomic E-state index is -0.946. The number of imidazole rings is 1. The highest BCUT2D eigenvalue weighted by Gasteiger charge is 2.35. The molecule has 0 bridgehead atoms. The fourth-order valence-electron chi connectivity index (χ4n) is 3.88. The van der Waals surface area contributed by atoms with Gasteiger partial charge in [0.1, 0.15) is 12.1 Å². The van der Waals surface area contributed by atoms with Gasteiger partial charge in [-0.25, -0.2) is 4.98 Å². The highest BCUT2D eigenvalue weighted by atomic mass is 16.3. The molecule has 1 aliphatic heterocycles. The van der Waals surface area contributed by atoms with E-state index in [0.29, 0.717) is 48.9 Å². The Kier molecular flexibility index (Phi) is 4.25. The Balaban J connectivity index is 1.44. The van der Waals surface area contributed by atoms with Crippen LogP contribution in [0, 0.1) is 0 Å². The van der Waals surface area contributed by atoms with Crippen LogP contribution in [0.1, 0.15) is 18.4 Å². The monoisotopic (exact) mass is 403 g/mol. The number of hydrogen-bond donors (Lipinski definition) is 3. The van der Waals surface area contributed by atoms with Crippen LogP contribution >= 0.6 is 0 Å². The van der Waals surface area contributed by atoms with E-state index in [1.165, 1.54) is 0 Å². The van der Waals surface area contributed by atoms with Crippen LogP contribution in [0.2, 0.25) is 0 Å². The van der Waals surface area contributed by atoms with Crippen LogP contribution in [-0.4, -0.2) is 47.8 Å². The molecular formula is C21H21N7O2. The predicted octanol–water partition coefficient (Wildman–Crippen LogP) is 1.99. The second-order valence-corrected chi connectivity index (χ2v) is 7.47. The summed E-state index contributed by atoms with van der Waals surface area (Å²) in [7, 11) is 0. The maximum absolute atomic E-state index is 11.1. The van der Waals surface area contributed by atoms with Gasteiger partial charge in [0.25, 0.3) is 0 Å². The number of nitrogens with zero attached hydrogens (tertiary/aromatic N) is 6. The van der Waals surface area contributed by atoms with Crippen LogP contribution in [0.5, 0.6) is 5.75 Å². The van der Waals surface area contributed by atoms with Crippen molar-refractivity contribution < 1.29 is 10.2 Å². The van der Waals surface area contributed by atoms with E-state index >= 15 is 0 Å². The lowest BCUT2D eigenvalue weighted by Crippen LogP contribution is -2.43. The van der Waals surface area contributed by atoms with Gasteiger partial charge in [0.2, 0.25) is 5.95 Å². The van der Waals surface area contributed by atoms with Crippen LogP contribution < -0.4 is 10.6 Å². The number of anilines is 2. The second kappa shape index (κ2) is 6.96. The topological polar surface area (TPSA) is 126 Å². The van der Waals surface area contributed by atoms with Crippen LogP contribution in [0.3, 0.4) is 0 Å². The number of phenols is 1. The molecule has 0 saturated carbocycles. The fraction of sp³-hybridized carbons (Fsp3) is 0.238. The molecule has 9 nitrogen and oxygen atoms in total. The van der Waals surface area contributed by atoms with Crippen molar-refractivity contribution in [1.82, 2.24) is 24.5 Å². The number of aromatic hydroxyl groups is 1. The van der Waals surface area contributed by atoms with E-state index in [9.17, 15) is 10.2 Å². The number of rotatable bonds is 3. The van der Waals surface area contributed by atoms with Crippen LogP contribution in [-0.2, 0) is 5.60 Å². The molecule has 4 N–H and O–H groups in total. The first-order chi connectivity index (χ1) is 14.5. The van der Waals surface area contributed by atoms with E-state index in [0.717, 1.165) is 11.3 Å². The summed E-state index contributed by atoms with van der Waals surface area (Å²) in [6, 6.07) is 10.5. The van der Waals surface area contributed by atoms with Crippen LogP contribution in [0.25, 0.3) is 16.9 Å². The minimum Gasteiger partial charge on any atom is -0.508 e. The fourth-order valence-corrected chi connectivity index (χ4v) is 3.88. The molecule has 5 rings (SSSR count). The molecule has 0 unspecified atom stereocenters. The highest BCUT2D eigenvalue weighted by Crippen LogP contribution is 2.35. The number of phenolic OH excluding ortho intramolecular Hbond substituents is 1. The Morgan fingerprint density at radius 3 is 2.37 bits per heavy atom. The number of nitrogens with two attached hydrogens (primary N) is 1. The number of fused-ring (bicyclic) bond motifs is 1. The molecule has 152 valence electrons. The van der Waals surface area contributed by atoms with Gasteiger partial charge in [-0.05, 0) is 42.7 Å². The first kappa shape index (κ1) is 18.3. The second-order valence-electron chi connectivity index (χ2n) is 7.47. The van der Waals surface area contributed by atoms with Gasteiger partial charge in [0.15, 0.2) is 17.0 Å². The normalized spacial score (nSPS) is 16.1. The molecule has 3 aromatic heterocycles. The Hall–Kier alpha value is -3.72. The summed E-state index contributed by atoms with van der Waals surface area (Å²) in [4.78, 5) is 19.6. The van der Waals surface area contributed by atoms with Gasteiger partial charge in [-0.15, -0.1) is 0 Å². The third-order valence-corrected chi connectivity index (χ3v) is 5.63. The van der Waals surface area contributed by atoms with Crippen molar-refractivity contribution in [1.29, 1.82) is 0 Å². The zero-order valence-corrected chi connectivity index (χ0v) is 16.2. The summed E-state index contributed by atoms with van der Waals surface area (Å²) in [5.41, 5.74) is 8.09. The lowest BCUT2D eigenvalue weighted by molar-refractivity contribution is 0.0115. The molecule has 4 aromatic rings. The number of hydrogen-bond acceptors (Lipinski definition) is 8. The van der Waals surface area contributed by atoms with Crippen molar-refractivity contribution in [2.45, 2.75) is 18.4 Å². The van der Waals surface area contributed by atoms with Gasteiger partial charge in [0, 0.05) is 25.5 Å². The number of aromatic nitrogens is 5. The number of aliphatic hydroxyl groups is 1. The average Bonchev–Trinajstić information content (AvgIpc) is 3.20. The Morgan fingerprint density at radius 1 is 0.967 bits per heavy atom. The SMILES string of the molecule is Nc1nc(N2CCC(O)(c3ccc(O)cc3)CC2)nc2c1ncn2-c1ccncc1. The van der Waals surface area contributed by atoms with Gasteiger partial charge >= 0.3 is 0 Å². The summed E-state index contributed by atoms with van der Waals surface area (Å²) in [5, 5.41) is 20.6. The lowest BCUT2D eigenvalue weighted by Gasteiger charge is -2.38.